The van der Waals surface area contributed by atoms with Crippen molar-refractivity contribution < 1.29 is 9.66 Å². The number of rotatable bonds is 4. The zero-order valence-electron chi connectivity index (χ0n) is 11.1. The average molecular weight is 265 g/mol. The van der Waals surface area contributed by atoms with Crippen LogP contribution in [0.15, 0.2) is 18.2 Å². The van der Waals surface area contributed by atoms with Crippen LogP contribution in [-0.4, -0.2) is 37.8 Å². The topological polar surface area (TPSA) is 67.6 Å². The summed E-state index contributed by atoms with van der Waals surface area (Å²) in [6.45, 7) is 5.40. The van der Waals surface area contributed by atoms with Crippen molar-refractivity contribution in [1.82, 2.24) is 0 Å². The van der Waals surface area contributed by atoms with Gasteiger partial charge >= 0.3 is 5.69 Å². The first-order valence-corrected chi connectivity index (χ1v) is 6.58. The van der Waals surface area contributed by atoms with Crippen molar-refractivity contribution in [2.45, 2.75) is 13.3 Å². The van der Waals surface area contributed by atoms with Crippen LogP contribution in [0.4, 0.5) is 17.1 Å². The Kier molecular flexibility index (Phi) is 4.57. The van der Waals surface area contributed by atoms with Crippen molar-refractivity contribution in [1.29, 1.82) is 0 Å². The van der Waals surface area contributed by atoms with Crippen LogP contribution < -0.4 is 10.2 Å². The summed E-state index contributed by atoms with van der Waals surface area (Å²) in [5.74, 6) is 0. The Hall–Kier alpha value is -1.82. The second kappa shape index (κ2) is 6.38. The van der Waals surface area contributed by atoms with E-state index in [1.807, 2.05) is 24.0 Å². The molecule has 0 saturated carbocycles. The van der Waals surface area contributed by atoms with Gasteiger partial charge in [0.05, 0.1) is 11.5 Å². The van der Waals surface area contributed by atoms with Gasteiger partial charge in [0.15, 0.2) is 0 Å². The Morgan fingerprint density at radius 1 is 1.42 bits per heavy atom. The maximum Gasteiger partial charge on any atom is 0.315 e. The second-order valence-corrected chi connectivity index (χ2v) is 4.41. The molecule has 0 amide bonds. The lowest BCUT2D eigenvalue weighted by Crippen LogP contribution is -2.26. The maximum absolute atomic E-state index is 11.4. The van der Waals surface area contributed by atoms with Gasteiger partial charge < -0.3 is 15.0 Å². The van der Waals surface area contributed by atoms with Crippen LogP contribution in [0.2, 0.25) is 0 Å². The van der Waals surface area contributed by atoms with Gasteiger partial charge in [-0.25, -0.2) is 0 Å². The van der Waals surface area contributed by atoms with Crippen LogP contribution in [0.5, 0.6) is 0 Å². The Bertz CT molecular complexity index is 443. The average Bonchev–Trinajstić information content (AvgIpc) is 2.67. The predicted octanol–water partition coefficient (Wildman–Crippen LogP) is 2.25. The number of para-hydroxylation sites is 1. The van der Waals surface area contributed by atoms with Crippen molar-refractivity contribution in [3.63, 3.8) is 0 Å². The molecule has 2 rings (SSSR count). The van der Waals surface area contributed by atoms with Crippen LogP contribution in [-0.2, 0) is 4.74 Å². The fraction of sp³-hybridized carbons (Fsp3) is 0.538. The molecule has 1 aromatic carbocycles. The van der Waals surface area contributed by atoms with E-state index in [-0.39, 0.29) is 10.6 Å². The summed E-state index contributed by atoms with van der Waals surface area (Å²) in [7, 11) is 0. The third-order valence-electron chi connectivity index (χ3n) is 3.13. The standard InChI is InChI=1S/C13H19N3O3/c1-2-14-11-5-3-6-12(13(11)16(17)18)15-7-4-9-19-10-8-15/h3,5-6,14H,2,4,7-10H2,1H3. The van der Waals surface area contributed by atoms with Gasteiger partial charge in [0.2, 0.25) is 0 Å². The summed E-state index contributed by atoms with van der Waals surface area (Å²) >= 11 is 0. The van der Waals surface area contributed by atoms with Crippen molar-refractivity contribution in [3.05, 3.63) is 28.3 Å². The molecule has 1 saturated heterocycles. The lowest BCUT2D eigenvalue weighted by atomic mass is 10.2. The van der Waals surface area contributed by atoms with Gasteiger partial charge in [-0.2, -0.15) is 0 Å². The van der Waals surface area contributed by atoms with Crippen LogP contribution in [0, 0.1) is 10.1 Å². The highest BCUT2D eigenvalue weighted by atomic mass is 16.6. The molecule has 0 aromatic heterocycles. The molecule has 1 heterocycles. The minimum Gasteiger partial charge on any atom is -0.380 e. The quantitative estimate of drug-likeness (QED) is 0.668. The summed E-state index contributed by atoms with van der Waals surface area (Å²) in [4.78, 5) is 13.1. The lowest BCUT2D eigenvalue weighted by molar-refractivity contribution is -0.383. The molecule has 0 spiro atoms. The van der Waals surface area contributed by atoms with Crippen LogP contribution in [0.1, 0.15) is 13.3 Å². The molecule has 1 N–H and O–H groups in total. The largest absolute Gasteiger partial charge is 0.380 e. The molecule has 0 bridgehead atoms. The van der Waals surface area contributed by atoms with Crippen molar-refractivity contribution in [2.75, 3.05) is 43.1 Å². The van der Waals surface area contributed by atoms with E-state index in [2.05, 4.69) is 5.32 Å². The van der Waals surface area contributed by atoms with Crippen LogP contribution in [0.25, 0.3) is 0 Å². The van der Waals surface area contributed by atoms with Crippen LogP contribution >= 0.6 is 0 Å². The van der Waals surface area contributed by atoms with Gasteiger partial charge in [-0.1, -0.05) is 6.07 Å². The Balaban J connectivity index is 2.37. The molecule has 0 unspecified atom stereocenters. The third kappa shape index (κ3) is 3.14. The van der Waals surface area contributed by atoms with Crippen molar-refractivity contribution >= 4 is 17.1 Å². The number of ether oxygens (including phenoxy) is 1. The molecule has 6 nitrogen and oxygen atoms in total. The molecule has 1 aliphatic rings. The number of hydrogen-bond acceptors (Lipinski definition) is 5. The van der Waals surface area contributed by atoms with Gasteiger partial charge in [-0.3, -0.25) is 10.1 Å². The first-order valence-electron chi connectivity index (χ1n) is 6.58. The van der Waals surface area contributed by atoms with Crippen molar-refractivity contribution in [2.24, 2.45) is 0 Å². The predicted molar refractivity (Wildman–Crippen MR) is 74.9 cm³/mol. The minimum atomic E-state index is -0.306. The number of nitrogens with one attached hydrogen (secondary N) is 1. The van der Waals surface area contributed by atoms with E-state index >= 15 is 0 Å². The summed E-state index contributed by atoms with van der Waals surface area (Å²) < 4.78 is 5.40. The highest BCUT2D eigenvalue weighted by molar-refractivity contribution is 5.77. The molecule has 0 atom stereocenters. The molecular formula is C13H19N3O3. The number of nitro benzene ring substituents is 1. The summed E-state index contributed by atoms with van der Waals surface area (Å²) in [5.41, 5.74) is 1.41. The maximum atomic E-state index is 11.4. The molecule has 0 aliphatic carbocycles. The van der Waals surface area contributed by atoms with E-state index in [0.29, 0.717) is 31.1 Å². The van der Waals surface area contributed by atoms with E-state index in [4.69, 9.17) is 4.74 Å². The summed E-state index contributed by atoms with van der Waals surface area (Å²) in [6.07, 6.45) is 0.891. The molecular weight excluding hydrogens is 246 g/mol. The third-order valence-corrected chi connectivity index (χ3v) is 3.13. The monoisotopic (exact) mass is 265 g/mol. The van der Waals surface area contributed by atoms with E-state index < -0.39 is 0 Å². The van der Waals surface area contributed by atoms with E-state index in [1.54, 1.807) is 6.07 Å². The summed E-state index contributed by atoms with van der Waals surface area (Å²) in [5, 5.41) is 14.4. The Morgan fingerprint density at radius 2 is 2.26 bits per heavy atom. The minimum absolute atomic E-state index is 0.159. The van der Waals surface area contributed by atoms with Gasteiger partial charge in [0, 0.05) is 26.2 Å². The fourth-order valence-corrected chi connectivity index (χ4v) is 2.30. The van der Waals surface area contributed by atoms with Crippen LogP contribution in [0.3, 0.4) is 0 Å². The Labute approximate surface area is 112 Å². The number of nitrogens with zero attached hydrogens (tertiary/aromatic N) is 2. The lowest BCUT2D eigenvalue weighted by Gasteiger charge is -2.22. The first-order chi connectivity index (χ1) is 9.24. The zero-order valence-corrected chi connectivity index (χ0v) is 11.1. The number of nitro groups is 1. The number of hydrogen-bond donors (Lipinski definition) is 1. The normalized spacial score (nSPS) is 15.9. The summed E-state index contributed by atoms with van der Waals surface area (Å²) in [6, 6.07) is 5.41. The Morgan fingerprint density at radius 3 is 3.00 bits per heavy atom. The number of benzene rings is 1. The second-order valence-electron chi connectivity index (χ2n) is 4.41. The van der Waals surface area contributed by atoms with Crippen molar-refractivity contribution in [3.8, 4) is 0 Å². The highest BCUT2D eigenvalue weighted by Gasteiger charge is 2.24. The van der Waals surface area contributed by atoms with Gasteiger partial charge in [0.25, 0.3) is 0 Å². The van der Waals surface area contributed by atoms with Gasteiger partial charge in [-0.05, 0) is 25.5 Å². The fourth-order valence-electron chi connectivity index (χ4n) is 2.30. The van der Waals surface area contributed by atoms with E-state index in [0.717, 1.165) is 19.6 Å². The molecule has 6 heteroatoms. The smallest absolute Gasteiger partial charge is 0.315 e. The van der Waals surface area contributed by atoms with E-state index in [9.17, 15) is 10.1 Å². The van der Waals surface area contributed by atoms with Gasteiger partial charge in [0.1, 0.15) is 11.4 Å². The van der Waals surface area contributed by atoms with E-state index in [1.165, 1.54) is 0 Å². The molecule has 1 aliphatic heterocycles. The SMILES string of the molecule is CCNc1cccc(N2CCCOCC2)c1[N+](=O)[O-]. The molecule has 104 valence electrons. The molecule has 0 radical (unpaired) electrons. The molecule has 19 heavy (non-hydrogen) atoms. The number of anilines is 2. The highest BCUT2D eigenvalue weighted by Crippen LogP contribution is 2.35. The first kappa shape index (κ1) is 13.6. The molecule has 1 aromatic rings. The zero-order chi connectivity index (χ0) is 13.7. The van der Waals surface area contributed by atoms with Gasteiger partial charge in [-0.15, -0.1) is 0 Å². The molecule has 1 fully saturated rings.